The zero-order valence-electron chi connectivity index (χ0n) is 13.0. The Bertz CT molecular complexity index is 1230. The number of nitriles is 1. The van der Waals surface area contributed by atoms with E-state index in [1.54, 1.807) is 19.1 Å². The first-order valence-electron chi connectivity index (χ1n) is 7.29. The Morgan fingerprint density at radius 3 is 2.96 bits per heavy atom. The molecule has 3 aromatic heterocycles. The number of benzene rings is 1. The number of nitrogens with zero attached hydrogens (tertiary/aromatic N) is 6. The van der Waals surface area contributed by atoms with Crippen molar-refractivity contribution in [1.82, 2.24) is 35.4 Å². The van der Waals surface area contributed by atoms with Gasteiger partial charge in [0.1, 0.15) is 6.07 Å². The van der Waals surface area contributed by atoms with E-state index in [2.05, 4.69) is 42.5 Å². The molecule has 0 saturated heterocycles. The zero-order chi connectivity index (χ0) is 17.4. The molecule has 0 saturated carbocycles. The molecule has 0 bridgehead atoms. The van der Waals surface area contributed by atoms with Gasteiger partial charge in [0, 0.05) is 6.20 Å². The molecule has 4 aromatic rings. The summed E-state index contributed by atoms with van der Waals surface area (Å²) in [7, 11) is 0. The fourth-order valence-electron chi connectivity index (χ4n) is 2.67. The van der Waals surface area contributed by atoms with Crippen LogP contribution in [-0.2, 0) is 0 Å². The van der Waals surface area contributed by atoms with Crippen LogP contribution in [0.2, 0.25) is 0 Å². The van der Waals surface area contributed by atoms with E-state index in [1.165, 1.54) is 10.6 Å². The van der Waals surface area contributed by atoms with Crippen molar-refractivity contribution >= 4 is 28.8 Å². The molecule has 1 aromatic carbocycles. The van der Waals surface area contributed by atoms with Crippen LogP contribution in [0.15, 0.2) is 29.1 Å². The molecule has 122 valence electrons. The van der Waals surface area contributed by atoms with Gasteiger partial charge in [0.05, 0.1) is 21.8 Å². The highest BCUT2D eigenvalue weighted by atomic mass is 16.1. The monoisotopic (exact) mass is 333 g/mol. The Balaban J connectivity index is 1.96. The van der Waals surface area contributed by atoms with E-state index < -0.39 is 0 Å². The SMILES string of the molecule is Cc1c(C#N)c2nc3ccccc3n2c(=O)/c1=C\NNc1nn[nH]n1. The second-order valence-corrected chi connectivity index (χ2v) is 5.24. The topological polar surface area (TPSA) is 137 Å². The first-order valence-corrected chi connectivity index (χ1v) is 7.29. The molecule has 4 rings (SSSR count). The van der Waals surface area contributed by atoms with E-state index in [1.807, 2.05) is 12.1 Å². The van der Waals surface area contributed by atoms with E-state index >= 15 is 0 Å². The lowest BCUT2D eigenvalue weighted by Gasteiger charge is -2.04. The molecular formula is C15H11N9O. The van der Waals surface area contributed by atoms with Crippen LogP contribution in [0.1, 0.15) is 11.1 Å². The van der Waals surface area contributed by atoms with Crippen molar-refractivity contribution in [1.29, 1.82) is 5.26 Å². The molecule has 25 heavy (non-hydrogen) atoms. The minimum absolute atomic E-state index is 0.219. The third-order valence-electron chi connectivity index (χ3n) is 3.85. The first kappa shape index (κ1) is 14.6. The maximum absolute atomic E-state index is 12.9. The summed E-state index contributed by atoms with van der Waals surface area (Å²) in [6.45, 7) is 1.71. The number of nitrogens with one attached hydrogen (secondary N) is 3. The predicted octanol–water partition coefficient (Wildman–Crippen LogP) is -0.386. The summed E-state index contributed by atoms with van der Waals surface area (Å²) in [5.74, 6) is 0.219. The molecule has 0 unspecified atom stereocenters. The van der Waals surface area contributed by atoms with E-state index in [-0.39, 0.29) is 11.5 Å². The number of tetrazole rings is 1. The van der Waals surface area contributed by atoms with Gasteiger partial charge in [-0.2, -0.15) is 10.5 Å². The quantitative estimate of drug-likeness (QED) is 0.431. The lowest BCUT2D eigenvalue weighted by Crippen LogP contribution is -2.36. The number of aromatic amines is 1. The molecule has 0 radical (unpaired) electrons. The molecule has 3 heterocycles. The highest BCUT2D eigenvalue weighted by Gasteiger charge is 2.15. The van der Waals surface area contributed by atoms with Crippen molar-refractivity contribution in [2.24, 2.45) is 0 Å². The second-order valence-electron chi connectivity index (χ2n) is 5.24. The smallest absolute Gasteiger partial charge is 0.281 e. The highest BCUT2D eigenvalue weighted by Crippen LogP contribution is 2.17. The number of anilines is 1. The summed E-state index contributed by atoms with van der Waals surface area (Å²) in [6.07, 6.45) is 1.46. The maximum Gasteiger partial charge on any atom is 0.281 e. The average molecular weight is 333 g/mol. The number of pyridine rings is 1. The van der Waals surface area contributed by atoms with Crippen LogP contribution < -0.4 is 21.6 Å². The second kappa shape index (κ2) is 5.57. The number of rotatable bonds is 3. The number of hydrogen-bond acceptors (Lipinski definition) is 8. The number of imidazole rings is 1. The minimum atomic E-state index is -0.275. The van der Waals surface area contributed by atoms with Gasteiger partial charge in [-0.15, -0.1) is 5.10 Å². The summed E-state index contributed by atoms with van der Waals surface area (Å²) in [6, 6.07) is 9.39. The first-order chi connectivity index (χ1) is 12.2. The third-order valence-corrected chi connectivity index (χ3v) is 3.85. The Morgan fingerprint density at radius 2 is 2.20 bits per heavy atom. The third kappa shape index (κ3) is 2.22. The lowest BCUT2D eigenvalue weighted by atomic mass is 10.1. The number of hydrogen-bond donors (Lipinski definition) is 3. The number of fused-ring (bicyclic) bond motifs is 3. The van der Waals surface area contributed by atoms with Gasteiger partial charge >= 0.3 is 0 Å². The summed E-state index contributed by atoms with van der Waals surface area (Å²) >= 11 is 0. The molecule has 3 N–H and O–H groups in total. The van der Waals surface area contributed by atoms with Crippen molar-refractivity contribution in [2.45, 2.75) is 6.92 Å². The van der Waals surface area contributed by atoms with Crippen LogP contribution in [0.4, 0.5) is 5.95 Å². The van der Waals surface area contributed by atoms with E-state index in [4.69, 9.17) is 0 Å². The van der Waals surface area contributed by atoms with Gasteiger partial charge in [0.2, 0.25) is 0 Å². The van der Waals surface area contributed by atoms with Crippen LogP contribution in [0.5, 0.6) is 0 Å². The minimum Gasteiger partial charge on any atom is -0.305 e. The van der Waals surface area contributed by atoms with Gasteiger partial charge in [-0.1, -0.05) is 17.2 Å². The molecule has 10 heteroatoms. The van der Waals surface area contributed by atoms with Gasteiger partial charge in [-0.25, -0.2) is 4.98 Å². The van der Waals surface area contributed by atoms with E-state index in [9.17, 15) is 10.1 Å². The molecule has 0 spiro atoms. The molecule has 0 aliphatic heterocycles. The summed E-state index contributed by atoms with van der Waals surface area (Å²) in [5.41, 5.74) is 7.70. The van der Waals surface area contributed by atoms with Crippen LogP contribution in [0.3, 0.4) is 0 Å². The molecule has 0 aliphatic carbocycles. The molecular weight excluding hydrogens is 322 g/mol. The van der Waals surface area contributed by atoms with Crippen LogP contribution in [0, 0.1) is 18.3 Å². The van der Waals surface area contributed by atoms with Crippen LogP contribution in [0.25, 0.3) is 22.9 Å². The van der Waals surface area contributed by atoms with Gasteiger partial charge in [-0.3, -0.25) is 14.6 Å². The fraction of sp³-hybridized carbons (Fsp3) is 0.0667. The Labute approximate surface area is 139 Å². The molecule has 0 atom stereocenters. The van der Waals surface area contributed by atoms with Gasteiger partial charge < -0.3 is 5.43 Å². The number of hydrazine groups is 1. The van der Waals surface area contributed by atoms with Crippen LogP contribution >= 0.6 is 0 Å². The number of H-pyrrole nitrogens is 1. The Kier molecular flexibility index (Phi) is 3.25. The zero-order valence-corrected chi connectivity index (χ0v) is 13.0. The van der Waals surface area contributed by atoms with Crippen molar-refractivity contribution < 1.29 is 0 Å². The number of aromatic nitrogens is 6. The molecule has 0 aliphatic rings. The largest absolute Gasteiger partial charge is 0.305 e. The number of para-hydroxylation sites is 2. The van der Waals surface area contributed by atoms with Crippen molar-refractivity contribution in [3.05, 3.63) is 51.0 Å². The van der Waals surface area contributed by atoms with Gasteiger partial charge in [0.15, 0.2) is 5.65 Å². The van der Waals surface area contributed by atoms with Gasteiger partial charge in [-0.05, 0) is 29.8 Å². The molecule has 0 fully saturated rings. The summed E-state index contributed by atoms with van der Waals surface area (Å²) in [5, 5.41) is 23.0. The summed E-state index contributed by atoms with van der Waals surface area (Å²) < 4.78 is 1.45. The molecule has 0 amide bonds. The van der Waals surface area contributed by atoms with E-state index in [0.717, 1.165) is 0 Å². The summed E-state index contributed by atoms with van der Waals surface area (Å²) in [4.78, 5) is 17.4. The normalized spacial score (nSPS) is 11.8. The van der Waals surface area contributed by atoms with Crippen molar-refractivity contribution in [2.75, 3.05) is 5.43 Å². The average Bonchev–Trinajstić information content (AvgIpc) is 3.25. The lowest BCUT2D eigenvalue weighted by molar-refractivity contribution is 0.881. The van der Waals surface area contributed by atoms with Crippen molar-refractivity contribution in [3.63, 3.8) is 0 Å². The predicted molar refractivity (Wildman–Crippen MR) is 89.0 cm³/mol. The van der Waals surface area contributed by atoms with E-state index in [0.29, 0.717) is 33.0 Å². The Hall–Kier alpha value is -4.00. The Morgan fingerprint density at radius 1 is 1.36 bits per heavy atom. The van der Waals surface area contributed by atoms with Crippen LogP contribution in [-0.4, -0.2) is 30.0 Å². The highest BCUT2D eigenvalue weighted by molar-refractivity contribution is 5.82. The standard InChI is InChI=1S/C15H11N9O/c1-8-9(6-16)13-18-11-4-2-3-5-12(11)24(13)14(25)10(8)7-17-19-15-20-22-23-21-15/h2-5,7,17H,1H3,(H2,19,20,21,22,23)/b10-7-. The van der Waals surface area contributed by atoms with Crippen molar-refractivity contribution in [3.8, 4) is 6.07 Å². The van der Waals surface area contributed by atoms with Gasteiger partial charge in [0.25, 0.3) is 11.5 Å². The fourth-order valence-corrected chi connectivity index (χ4v) is 2.67. The molecule has 10 nitrogen and oxygen atoms in total. The maximum atomic E-state index is 12.9.